The van der Waals surface area contributed by atoms with Crippen LogP contribution < -0.4 is 31.6 Å². The van der Waals surface area contributed by atoms with Crippen molar-refractivity contribution >= 4 is 46.4 Å². The summed E-state index contributed by atoms with van der Waals surface area (Å²) < 4.78 is 10.5. The molecule has 0 aliphatic carbocycles. The summed E-state index contributed by atoms with van der Waals surface area (Å²) >= 11 is 12.1. The average Bonchev–Trinajstić information content (AvgIpc) is 3.27. The molecule has 0 spiro atoms. The van der Waals surface area contributed by atoms with Gasteiger partial charge in [-0.25, -0.2) is 0 Å². The van der Waals surface area contributed by atoms with Crippen LogP contribution >= 0.6 is 23.2 Å². The van der Waals surface area contributed by atoms with Crippen LogP contribution in [0.15, 0.2) is 24.3 Å². The van der Waals surface area contributed by atoms with Crippen molar-refractivity contribution in [2.45, 2.75) is 6.42 Å². The normalized spacial score (nSPS) is 15.7. The molecule has 0 aromatic heterocycles. The first-order chi connectivity index (χ1) is 16.2. The van der Waals surface area contributed by atoms with Crippen LogP contribution in [0.1, 0.15) is 27.1 Å². The topological polar surface area (TPSA) is 132 Å². The Morgan fingerprint density at radius 2 is 1.50 bits per heavy atom. The summed E-state index contributed by atoms with van der Waals surface area (Å²) in [5, 5.41) is 6.44. The fraction of sp³-hybridized carbons (Fsp3) is 0.391. The lowest BCUT2D eigenvalue weighted by molar-refractivity contribution is 0.0934. The fourth-order valence-electron chi connectivity index (χ4n) is 3.87. The van der Waals surface area contributed by atoms with Gasteiger partial charge in [-0.05, 0) is 31.0 Å². The number of carbonyl (C=O) groups is 2. The highest BCUT2D eigenvalue weighted by atomic mass is 35.5. The second-order valence-electron chi connectivity index (χ2n) is 8.07. The molecule has 2 aromatic rings. The number of benzene rings is 2. The number of nitrogen functional groups attached to an aromatic ring is 2. The summed E-state index contributed by atoms with van der Waals surface area (Å²) in [4.78, 5) is 27.4. The van der Waals surface area contributed by atoms with E-state index in [2.05, 4.69) is 15.5 Å². The third-order valence-corrected chi connectivity index (χ3v) is 6.42. The highest BCUT2D eigenvalue weighted by Crippen LogP contribution is 2.30. The van der Waals surface area contributed by atoms with E-state index in [0.29, 0.717) is 69.6 Å². The molecule has 34 heavy (non-hydrogen) atoms. The van der Waals surface area contributed by atoms with E-state index in [1.165, 1.54) is 38.5 Å². The van der Waals surface area contributed by atoms with Crippen molar-refractivity contribution in [3.05, 3.63) is 45.4 Å². The monoisotopic (exact) mass is 509 g/mol. The quantitative estimate of drug-likeness (QED) is 0.382. The Balaban J connectivity index is 1.45. The number of methoxy groups -OCH3 is 2. The number of nitrogens with zero attached hydrogens (tertiary/aromatic N) is 1. The number of nitrogens with one attached hydrogen (secondary N) is 2. The van der Waals surface area contributed by atoms with Crippen LogP contribution in [0.3, 0.4) is 0 Å². The van der Waals surface area contributed by atoms with Crippen molar-refractivity contribution < 1.29 is 19.1 Å². The van der Waals surface area contributed by atoms with Gasteiger partial charge in [0.1, 0.15) is 11.5 Å². The van der Waals surface area contributed by atoms with Gasteiger partial charge in [0.2, 0.25) is 0 Å². The first-order valence-electron chi connectivity index (χ1n) is 10.8. The van der Waals surface area contributed by atoms with Gasteiger partial charge >= 0.3 is 0 Å². The molecule has 2 amide bonds. The van der Waals surface area contributed by atoms with Gasteiger partial charge in [0, 0.05) is 38.3 Å². The number of nitrogens with two attached hydrogens (primary N) is 2. The molecule has 3 rings (SSSR count). The number of amides is 2. The van der Waals surface area contributed by atoms with Gasteiger partial charge in [-0.15, -0.1) is 0 Å². The number of carbonyl (C=O) groups excluding carboxylic acids is 2. The van der Waals surface area contributed by atoms with E-state index >= 15 is 0 Å². The van der Waals surface area contributed by atoms with Crippen LogP contribution in [0.25, 0.3) is 0 Å². The van der Waals surface area contributed by atoms with E-state index in [9.17, 15) is 9.59 Å². The van der Waals surface area contributed by atoms with E-state index in [4.69, 9.17) is 44.1 Å². The maximum absolute atomic E-state index is 12.6. The minimum atomic E-state index is -0.280. The maximum atomic E-state index is 12.6. The number of ether oxygens (including phenoxy) is 2. The van der Waals surface area contributed by atoms with Crippen LogP contribution in [-0.2, 0) is 0 Å². The minimum Gasteiger partial charge on any atom is -0.496 e. The number of likely N-dealkylation sites (tertiary alicyclic amines) is 1. The Morgan fingerprint density at radius 3 is 2.03 bits per heavy atom. The first-order valence-corrected chi connectivity index (χ1v) is 11.5. The molecule has 1 aliphatic heterocycles. The summed E-state index contributed by atoms with van der Waals surface area (Å²) in [6, 6.07) is 6.09. The van der Waals surface area contributed by atoms with E-state index in [0.717, 1.165) is 19.5 Å². The molecule has 1 aliphatic rings. The summed E-state index contributed by atoms with van der Waals surface area (Å²) in [5.41, 5.74) is 12.9. The number of halogens is 2. The molecule has 1 atom stereocenters. The molecular formula is C23H29Cl2N5O4. The predicted octanol–water partition coefficient (Wildman–Crippen LogP) is 2.66. The summed E-state index contributed by atoms with van der Waals surface area (Å²) in [6.45, 7) is 3.36. The molecule has 2 aromatic carbocycles. The van der Waals surface area contributed by atoms with Gasteiger partial charge in [-0.2, -0.15) is 0 Å². The fourth-order valence-corrected chi connectivity index (χ4v) is 4.20. The predicted molar refractivity (Wildman–Crippen MR) is 134 cm³/mol. The van der Waals surface area contributed by atoms with Crippen molar-refractivity contribution in [2.75, 3.05) is 58.4 Å². The molecule has 11 heteroatoms. The van der Waals surface area contributed by atoms with Crippen molar-refractivity contribution in [1.29, 1.82) is 0 Å². The molecule has 6 N–H and O–H groups in total. The van der Waals surface area contributed by atoms with Crippen LogP contribution in [0.2, 0.25) is 10.0 Å². The number of rotatable bonds is 9. The Labute approximate surface area is 208 Å². The van der Waals surface area contributed by atoms with Crippen molar-refractivity contribution in [1.82, 2.24) is 15.5 Å². The van der Waals surface area contributed by atoms with E-state index in [1.807, 2.05) is 0 Å². The van der Waals surface area contributed by atoms with E-state index in [-0.39, 0.29) is 11.8 Å². The molecule has 1 unspecified atom stereocenters. The molecule has 9 nitrogen and oxygen atoms in total. The summed E-state index contributed by atoms with van der Waals surface area (Å²) in [7, 11) is 2.95. The third kappa shape index (κ3) is 6.16. The highest BCUT2D eigenvalue weighted by Gasteiger charge is 2.24. The number of anilines is 2. The first kappa shape index (κ1) is 25.7. The molecular weight excluding hydrogens is 481 g/mol. The molecule has 0 saturated carbocycles. The maximum Gasteiger partial charge on any atom is 0.255 e. The Morgan fingerprint density at radius 1 is 0.971 bits per heavy atom. The molecule has 1 fully saturated rings. The van der Waals surface area contributed by atoms with Crippen molar-refractivity contribution in [3.8, 4) is 11.5 Å². The standard InChI is InChI=1S/C23H29Cl2N5O4/c1-33-20-9-18(26)16(24)7-14(20)22(31)28-4-6-30-5-3-13(12-30)11-29-23(32)15-8-17(25)19(27)10-21(15)34-2/h7-10,13H,3-6,11-12,26-27H2,1-2H3,(H,28,31)(H,29,32). The van der Waals surface area contributed by atoms with Gasteiger partial charge < -0.3 is 36.5 Å². The average molecular weight is 510 g/mol. The Bertz CT molecular complexity index is 1070. The molecule has 1 heterocycles. The smallest absolute Gasteiger partial charge is 0.255 e. The zero-order valence-electron chi connectivity index (χ0n) is 19.1. The molecule has 0 bridgehead atoms. The molecule has 1 saturated heterocycles. The zero-order chi connectivity index (χ0) is 24.8. The van der Waals surface area contributed by atoms with Crippen LogP contribution in [-0.4, -0.2) is 63.7 Å². The Hall–Kier alpha value is -2.88. The van der Waals surface area contributed by atoms with Crippen molar-refractivity contribution in [2.24, 2.45) is 5.92 Å². The molecule has 0 radical (unpaired) electrons. The Kier molecular flexibility index (Phi) is 8.71. The lowest BCUT2D eigenvalue weighted by Gasteiger charge is -2.17. The second-order valence-corrected chi connectivity index (χ2v) is 8.88. The minimum absolute atomic E-state index is 0.263. The lowest BCUT2D eigenvalue weighted by Crippen LogP contribution is -2.35. The third-order valence-electron chi connectivity index (χ3n) is 5.76. The highest BCUT2D eigenvalue weighted by molar-refractivity contribution is 6.34. The van der Waals surface area contributed by atoms with Crippen LogP contribution in [0.5, 0.6) is 11.5 Å². The molecule has 184 valence electrons. The number of hydrogen-bond acceptors (Lipinski definition) is 7. The summed E-state index contributed by atoms with van der Waals surface area (Å²) in [5.74, 6) is 0.502. The van der Waals surface area contributed by atoms with Gasteiger partial charge in [-0.3, -0.25) is 9.59 Å². The van der Waals surface area contributed by atoms with Crippen LogP contribution in [0.4, 0.5) is 11.4 Å². The zero-order valence-corrected chi connectivity index (χ0v) is 20.6. The van der Waals surface area contributed by atoms with Gasteiger partial charge in [-0.1, -0.05) is 23.2 Å². The number of hydrogen-bond donors (Lipinski definition) is 4. The van der Waals surface area contributed by atoms with Gasteiger partial charge in [0.25, 0.3) is 11.8 Å². The summed E-state index contributed by atoms with van der Waals surface area (Å²) in [6.07, 6.45) is 0.940. The second kappa shape index (κ2) is 11.5. The van der Waals surface area contributed by atoms with E-state index < -0.39 is 0 Å². The van der Waals surface area contributed by atoms with Crippen molar-refractivity contribution in [3.63, 3.8) is 0 Å². The van der Waals surface area contributed by atoms with Gasteiger partial charge in [0.15, 0.2) is 0 Å². The van der Waals surface area contributed by atoms with Gasteiger partial charge in [0.05, 0.1) is 46.8 Å². The largest absolute Gasteiger partial charge is 0.496 e. The van der Waals surface area contributed by atoms with Crippen LogP contribution in [0, 0.1) is 5.92 Å². The SMILES string of the molecule is COc1cc(N)c(Cl)cc1C(=O)NCCN1CCC(CNC(=O)c2cc(Cl)c(N)cc2OC)C1. The van der Waals surface area contributed by atoms with E-state index in [1.54, 1.807) is 0 Å². The lowest BCUT2D eigenvalue weighted by atomic mass is 10.1.